The van der Waals surface area contributed by atoms with Crippen molar-refractivity contribution < 1.29 is 22.5 Å². The summed E-state index contributed by atoms with van der Waals surface area (Å²) < 4.78 is 32.6. The molecule has 0 aliphatic heterocycles. The fraction of sp³-hybridized carbons (Fsp3) is 0.737. The molecule has 1 aromatic heterocycles. The maximum atomic E-state index is 13.2. The van der Waals surface area contributed by atoms with Crippen molar-refractivity contribution in [1.29, 1.82) is 0 Å². The highest BCUT2D eigenvalue weighted by atomic mass is 32.2. The summed E-state index contributed by atoms with van der Waals surface area (Å²) in [6.45, 7) is 7.49. The van der Waals surface area contributed by atoms with Crippen LogP contribution in [0.1, 0.15) is 52.2 Å². The Bertz CT molecular complexity index is 876. The number of carbonyl (C=O) groups excluding carboxylic acids is 2. The lowest BCUT2D eigenvalue weighted by Crippen LogP contribution is -2.48. The summed E-state index contributed by atoms with van der Waals surface area (Å²) in [5.74, 6) is 0.387. The molecule has 1 aromatic rings. The van der Waals surface area contributed by atoms with Crippen LogP contribution in [-0.4, -0.2) is 48.4 Å². The van der Waals surface area contributed by atoms with E-state index in [9.17, 15) is 18.0 Å². The van der Waals surface area contributed by atoms with Gasteiger partial charge >= 0.3 is 0 Å². The van der Waals surface area contributed by atoms with Crippen LogP contribution in [0.3, 0.4) is 0 Å². The second kappa shape index (κ2) is 7.26. The van der Waals surface area contributed by atoms with Crippen molar-refractivity contribution in [1.82, 2.24) is 9.46 Å². The monoisotopic (exact) mass is 411 g/mol. The number of amides is 1. The summed E-state index contributed by atoms with van der Waals surface area (Å²) >= 11 is 0. The number of fused-ring (bicyclic) bond motifs is 2. The Morgan fingerprint density at radius 3 is 2.64 bits per heavy atom. The van der Waals surface area contributed by atoms with E-state index in [0.717, 1.165) is 6.42 Å². The number of anilines is 1. The largest absolute Gasteiger partial charge is 0.360 e. The summed E-state index contributed by atoms with van der Waals surface area (Å²) in [5, 5.41) is 6.25. The van der Waals surface area contributed by atoms with Crippen LogP contribution >= 0.6 is 0 Å². The molecular weight excluding hydrogens is 382 g/mol. The zero-order chi connectivity index (χ0) is 20.7. The van der Waals surface area contributed by atoms with Crippen molar-refractivity contribution >= 4 is 27.5 Å². The Morgan fingerprint density at radius 2 is 2.14 bits per heavy atom. The molecule has 1 heterocycles. The molecule has 2 atom stereocenters. The zero-order valence-electron chi connectivity index (χ0n) is 16.9. The minimum absolute atomic E-state index is 0.0521. The maximum absolute atomic E-state index is 13.2. The molecule has 1 N–H and O–H groups in total. The van der Waals surface area contributed by atoms with E-state index in [1.807, 2.05) is 20.8 Å². The van der Waals surface area contributed by atoms with Gasteiger partial charge in [-0.1, -0.05) is 25.9 Å². The molecule has 2 saturated carbocycles. The summed E-state index contributed by atoms with van der Waals surface area (Å²) in [6, 6.07) is 1.56. The van der Waals surface area contributed by atoms with Crippen molar-refractivity contribution in [2.24, 2.45) is 16.7 Å². The zero-order valence-corrected chi connectivity index (χ0v) is 17.8. The number of nitrogens with zero attached hydrogens (tertiary/aromatic N) is 2. The fourth-order valence-electron chi connectivity index (χ4n) is 4.84. The van der Waals surface area contributed by atoms with Crippen molar-refractivity contribution in [2.75, 3.05) is 24.2 Å². The Morgan fingerprint density at radius 1 is 1.43 bits per heavy atom. The molecule has 1 amide bonds. The first-order chi connectivity index (χ1) is 13.0. The SMILES string of the molecule is CCCN(CC(=O)Nc1cc(C)on1)S(=O)(=O)CC12CCC(CC1=O)C2(C)C. The summed E-state index contributed by atoms with van der Waals surface area (Å²) in [4.78, 5) is 25.1. The predicted octanol–water partition coefficient (Wildman–Crippen LogP) is 2.36. The van der Waals surface area contributed by atoms with Gasteiger partial charge in [0.15, 0.2) is 5.82 Å². The number of ketones is 1. The lowest BCUT2D eigenvalue weighted by atomic mass is 9.70. The van der Waals surface area contributed by atoms with Gasteiger partial charge in [0.1, 0.15) is 11.5 Å². The number of Topliss-reactive ketones (excluding diaryl/α,β-unsaturated/α-hetero) is 1. The highest BCUT2D eigenvalue weighted by Crippen LogP contribution is 2.64. The predicted molar refractivity (Wildman–Crippen MR) is 104 cm³/mol. The molecule has 0 spiro atoms. The molecule has 3 rings (SSSR count). The first kappa shape index (κ1) is 21.0. The molecule has 2 unspecified atom stereocenters. The number of aromatic nitrogens is 1. The smallest absolute Gasteiger partial charge is 0.240 e. The van der Waals surface area contributed by atoms with Gasteiger partial charge < -0.3 is 9.84 Å². The van der Waals surface area contributed by atoms with Gasteiger partial charge in [0, 0.05) is 24.4 Å². The third kappa shape index (κ3) is 3.50. The van der Waals surface area contributed by atoms with E-state index >= 15 is 0 Å². The number of carbonyl (C=O) groups is 2. The van der Waals surface area contributed by atoms with E-state index < -0.39 is 21.3 Å². The van der Waals surface area contributed by atoms with Crippen LogP contribution in [0.2, 0.25) is 0 Å². The summed E-state index contributed by atoms with van der Waals surface area (Å²) in [5.41, 5.74) is -1.18. The first-order valence-electron chi connectivity index (χ1n) is 9.76. The molecular formula is C19H29N3O5S. The Balaban J connectivity index is 1.77. The van der Waals surface area contributed by atoms with Crippen LogP contribution in [0, 0.1) is 23.7 Å². The molecule has 0 aromatic carbocycles. The molecule has 2 aliphatic rings. The van der Waals surface area contributed by atoms with Gasteiger partial charge in [-0.25, -0.2) is 8.42 Å². The van der Waals surface area contributed by atoms with E-state index in [1.54, 1.807) is 13.0 Å². The molecule has 2 bridgehead atoms. The molecule has 8 nitrogen and oxygen atoms in total. The molecule has 28 heavy (non-hydrogen) atoms. The Hall–Kier alpha value is -1.74. The van der Waals surface area contributed by atoms with E-state index in [1.165, 1.54) is 4.31 Å². The maximum Gasteiger partial charge on any atom is 0.240 e. The third-order valence-corrected chi connectivity index (χ3v) is 8.61. The van der Waals surface area contributed by atoms with E-state index in [-0.39, 0.29) is 41.8 Å². The lowest BCUT2D eigenvalue weighted by molar-refractivity contribution is -0.128. The molecule has 9 heteroatoms. The highest BCUT2D eigenvalue weighted by molar-refractivity contribution is 7.89. The second-order valence-electron chi connectivity index (χ2n) is 8.63. The summed E-state index contributed by atoms with van der Waals surface area (Å²) in [6.07, 6.45) is 2.52. The van der Waals surface area contributed by atoms with Gasteiger partial charge in [-0.3, -0.25) is 9.59 Å². The van der Waals surface area contributed by atoms with Crippen LogP contribution in [0.25, 0.3) is 0 Å². The van der Waals surface area contributed by atoms with Crippen molar-refractivity contribution in [3.8, 4) is 0 Å². The van der Waals surface area contributed by atoms with Gasteiger partial charge in [0.2, 0.25) is 15.9 Å². The van der Waals surface area contributed by atoms with Crippen LogP contribution in [0.4, 0.5) is 5.82 Å². The van der Waals surface area contributed by atoms with Crippen LogP contribution in [0.5, 0.6) is 0 Å². The van der Waals surface area contributed by atoms with Gasteiger partial charge in [-0.15, -0.1) is 0 Å². The van der Waals surface area contributed by atoms with Gasteiger partial charge in [-0.2, -0.15) is 4.31 Å². The molecule has 2 fully saturated rings. The normalized spacial score (nSPS) is 26.2. The lowest BCUT2D eigenvalue weighted by Gasteiger charge is -2.37. The Kier molecular flexibility index (Phi) is 5.44. The number of hydrogen-bond acceptors (Lipinski definition) is 6. The van der Waals surface area contributed by atoms with Crippen LogP contribution < -0.4 is 5.32 Å². The quantitative estimate of drug-likeness (QED) is 0.703. The Labute approximate surface area is 166 Å². The number of sulfonamides is 1. The average molecular weight is 412 g/mol. The topological polar surface area (TPSA) is 110 Å². The van der Waals surface area contributed by atoms with Gasteiger partial charge in [-0.05, 0) is 37.5 Å². The minimum atomic E-state index is -3.79. The number of nitrogens with one attached hydrogen (secondary N) is 1. The molecule has 156 valence electrons. The van der Waals surface area contributed by atoms with Crippen LogP contribution in [-0.2, 0) is 19.6 Å². The van der Waals surface area contributed by atoms with Crippen molar-refractivity contribution in [2.45, 2.75) is 53.4 Å². The molecule has 0 saturated heterocycles. The third-order valence-electron chi connectivity index (χ3n) is 6.65. The highest BCUT2D eigenvalue weighted by Gasteiger charge is 2.65. The molecule has 2 aliphatic carbocycles. The number of aryl methyl sites for hydroxylation is 1. The van der Waals surface area contributed by atoms with Crippen molar-refractivity contribution in [3.63, 3.8) is 0 Å². The first-order valence-corrected chi connectivity index (χ1v) is 11.4. The fourth-order valence-corrected chi connectivity index (χ4v) is 7.10. The van der Waals surface area contributed by atoms with Gasteiger partial charge in [0.05, 0.1) is 12.3 Å². The molecule has 0 radical (unpaired) electrons. The van der Waals surface area contributed by atoms with E-state index in [0.29, 0.717) is 25.0 Å². The van der Waals surface area contributed by atoms with E-state index in [4.69, 9.17) is 4.52 Å². The minimum Gasteiger partial charge on any atom is -0.360 e. The van der Waals surface area contributed by atoms with Gasteiger partial charge in [0.25, 0.3) is 0 Å². The average Bonchev–Trinajstić information content (AvgIpc) is 3.15. The van der Waals surface area contributed by atoms with Crippen LogP contribution in [0.15, 0.2) is 10.6 Å². The second-order valence-corrected chi connectivity index (χ2v) is 10.6. The number of rotatable bonds is 8. The van der Waals surface area contributed by atoms with E-state index in [2.05, 4.69) is 10.5 Å². The standard InChI is InChI=1S/C19H29N3O5S/c1-5-8-22(11-17(24)20-16-9-13(2)27-21-16)28(25,26)12-19-7-6-14(10-15(19)23)18(19,3)4/h9,14H,5-8,10-12H2,1-4H3,(H,20,21,24). The summed E-state index contributed by atoms with van der Waals surface area (Å²) in [7, 11) is -3.79. The number of hydrogen-bond donors (Lipinski definition) is 1. The van der Waals surface area contributed by atoms with Crippen molar-refractivity contribution in [3.05, 3.63) is 11.8 Å².